The van der Waals surface area contributed by atoms with Gasteiger partial charge in [-0.05, 0) is 70.4 Å². The van der Waals surface area contributed by atoms with E-state index in [1.54, 1.807) is 0 Å². The van der Waals surface area contributed by atoms with Crippen LogP contribution in [0.4, 0.5) is 17.1 Å². The van der Waals surface area contributed by atoms with Gasteiger partial charge in [0, 0.05) is 32.9 Å². The van der Waals surface area contributed by atoms with Crippen LogP contribution in [0, 0.1) is 6.92 Å². The molecule has 0 spiro atoms. The van der Waals surface area contributed by atoms with E-state index in [0.29, 0.717) is 0 Å². The van der Waals surface area contributed by atoms with Crippen molar-refractivity contribution in [2.75, 3.05) is 4.90 Å². The first-order valence-corrected chi connectivity index (χ1v) is 13.4. The van der Waals surface area contributed by atoms with Gasteiger partial charge >= 0.3 is 0 Å². The third kappa shape index (κ3) is 3.42. The highest BCUT2D eigenvalue weighted by atomic mass is 16.3. The Kier molecular flexibility index (Phi) is 4.77. The summed E-state index contributed by atoms with van der Waals surface area (Å²) >= 11 is 0. The van der Waals surface area contributed by atoms with Crippen molar-refractivity contribution in [3.05, 3.63) is 139 Å². The second-order valence-corrected chi connectivity index (χ2v) is 10.3. The molecule has 1 aromatic heterocycles. The van der Waals surface area contributed by atoms with Crippen molar-refractivity contribution >= 4 is 71.3 Å². The molecule has 184 valence electrons. The van der Waals surface area contributed by atoms with Gasteiger partial charge in [-0.3, -0.25) is 0 Å². The lowest BCUT2D eigenvalue weighted by molar-refractivity contribution is 0.672. The fourth-order valence-electron chi connectivity index (χ4n) is 6.05. The lowest BCUT2D eigenvalue weighted by Crippen LogP contribution is -2.10. The third-order valence-electron chi connectivity index (χ3n) is 7.91. The summed E-state index contributed by atoms with van der Waals surface area (Å²) in [5.74, 6) is 0. The van der Waals surface area contributed by atoms with E-state index in [1.807, 2.05) is 0 Å². The minimum Gasteiger partial charge on any atom is -0.455 e. The summed E-state index contributed by atoms with van der Waals surface area (Å²) in [4.78, 5) is 2.40. The van der Waals surface area contributed by atoms with Gasteiger partial charge in [0.15, 0.2) is 0 Å². The predicted octanol–water partition coefficient (Wildman–Crippen LogP) is 10.8. The Morgan fingerprint density at radius 3 is 1.74 bits per heavy atom. The summed E-state index contributed by atoms with van der Waals surface area (Å²) in [5.41, 5.74) is 6.46. The van der Waals surface area contributed by atoms with E-state index in [-0.39, 0.29) is 0 Å². The van der Waals surface area contributed by atoms with Crippen molar-refractivity contribution in [3.63, 3.8) is 0 Å². The van der Waals surface area contributed by atoms with Gasteiger partial charge in [0.1, 0.15) is 11.2 Å². The van der Waals surface area contributed by atoms with E-state index in [4.69, 9.17) is 4.42 Å². The Bertz CT molecular complexity index is 2120. The molecule has 0 unspecified atom stereocenters. The van der Waals surface area contributed by atoms with Crippen LogP contribution in [0.25, 0.3) is 54.3 Å². The normalized spacial score (nSPS) is 11.7. The van der Waals surface area contributed by atoms with Crippen LogP contribution in [0.2, 0.25) is 0 Å². The van der Waals surface area contributed by atoms with Gasteiger partial charge in [-0.1, -0.05) is 97.1 Å². The second kappa shape index (κ2) is 8.47. The van der Waals surface area contributed by atoms with Crippen molar-refractivity contribution in [3.8, 4) is 0 Å². The van der Waals surface area contributed by atoms with Gasteiger partial charge in [0.25, 0.3) is 0 Å². The van der Waals surface area contributed by atoms with Crippen LogP contribution in [0.15, 0.2) is 138 Å². The van der Waals surface area contributed by atoms with E-state index < -0.39 is 0 Å². The van der Waals surface area contributed by atoms with Crippen molar-refractivity contribution in [1.82, 2.24) is 0 Å². The fourth-order valence-corrected chi connectivity index (χ4v) is 6.05. The molecule has 0 saturated carbocycles. The number of benzene rings is 7. The van der Waals surface area contributed by atoms with E-state index >= 15 is 0 Å². The zero-order valence-electron chi connectivity index (χ0n) is 21.6. The molecule has 0 radical (unpaired) electrons. The zero-order valence-corrected chi connectivity index (χ0v) is 21.6. The second-order valence-electron chi connectivity index (χ2n) is 10.3. The first-order chi connectivity index (χ1) is 19.2. The quantitative estimate of drug-likeness (QED) is 0.240. The summed E-state index contributed by atoms with van der Waals surface area (Å²) in [5, 5.41) is 9.49. The number of fused-ring (bicyclic) bond motifs is 7. The molecule has 0 amide bonds. The molecule has 0 bridgehead atoms. The number of aryl methyl sites for hydroxylation is 1. The maximum absolute atomic E-state index is 6.49. The molecular formula is C37H25NO. The molecule has 7 aromatic carbocycles. The van der Waals surface area contributed by atoms with Crippen LogP contribution in [0.3, 0.4) is 0 Å². The summed E-state index contributed by atoms with van der Waals surface area (Å²) in [6.07, 6.45) is 0. The van der Waals surface area contributed by atoms with Crippen molar-refractivity contribution < 1.29 is 4.42 Å². The highest BCUT2D eigenvalue weighted by Gasteiger charge is 2.21. The molecule has 2 nitrogen and oxygen atoms in total. The predicted molar refractivity (Wildman–Crippen MR) is 166 cm³/mol. The third-order valence-corrected chi connectivity index (χ3v) is 7.91. The monoisotopic (exact) mass is 499 g/mol. The minimum absolute atomic E-state index is 0.926. The van der Waals surface area contributed by atoms with E-state index in [9.17, 15) is 0 Å². The first kappa shape index (κ1) is 22.0. The Morgan fingerprint density at radius 1 is 0.487 bits per heavy atom. The largest absolute Gasteiger partial charge is 0.455 e. The number of furan rings is 1. The average Bonchev–Trinajstić information content (AvgIpc) is 3.37. The van der Waals surface area contributed by atoms with Crippen LogP contribution < -0.4 is 4.90 Å². The highest BCUT2D eigenvalue weighted by Crippen LogP contribution is 2.45. The molecular weight excluding hydrogens is 474 g/mol. The van der Waals surface area contributed by atoms with Crippen LogP contribution in [-0.4, -0.2) is 0 Å². The molecule has 1 heterocycles. The molecule has 0 atom stereocenters. The summed E-state index contributed by atoms with van der Waals surface area (Å²) in [6, 6.07) is 47.8. The SMILES string of the molecule is Cc1cccc2oc3c4ccccc4c(N(c4ccc5ccccc5c4)c4ccc5ccccc5c4)cc3c12. The number of hydrogen-bond donors (Lipinski definition) is 0. The Hall–Kier alpha value is -5.08. The van der Waals surface area contributed by atoms with Gasteiger partial charge in [0.05, 0.1) is 5.69 Å². The van der Waals surface area contributed by atoms with Crippen LogP contribution in [0.5, 0.6) is 0 Å². The van der Waals surface area contributed by atoms with Crippen LogP contribution >= 0.6 is 0 Å². The molecule has 39 heavy (non-hydrogen) atoms. The average molecular weight is 500 g/mol. The van der Waals surface area contributed by atoms with E-state index in [0.717, 1.165) is 44.4 Å². The lowest BCUT2D eigenvalue weighted by Gasteiger charge is -2.27. The van der Waals surface area contributed by atoms with Crippen LogP contribution in [-0.2, 0) is 0 Å². The molecule has 8 aromatic rings. The molecule has 0 saturated heterocycles. The van der Waals surface area contributed by atoms with Gasteiger partial charge in [0.2, 0.25) is 0 Å². The van der Waals surface area contributed by atoms with Crippen molar-refractivity contribution in [2.24, 2.45) is 0 Å². The van der Waals surface area contributed by atoms with E-state index in [2.05, 4.69) is 145 Å². The van der Waals surface area contributed by atoms with Gasteiger partial charge in [-0.2, -0.15) is 0 Å². The summed E-state index contributed by atoms with van der Waals surface area (Å²) < 4.78 is 6.49. The van der Waals surface area contributed by atoms with Gasteiger partial charge < -0.3 is 9.32 Å². The summed E-state index contributed by atoms with van der Waals surface area (Å²) in [6.45, 7) is 2.16. The molecule has 0 aliphatic carbocycles. The standard InChI is InChI=1S/C37H25NO/c1-24-9-8-16-35-36(24)33-23-34(31-14-6-7-15-32(31)37(33)39-35)38(29-19-17-25-10-2-4-12-27(25)21-29)30-20-18-26-11-3-5-13-28(26)22-30/h2-23H,1H3. The van der Waals surface area contributed by atoms with Gasteiger partial charge in [-0.15, -0.1) is 0 Å². The number of hydrogen-bond acceptors (Lipinski definition) is 2. The fraction of sp³-hybridized carbons (Fsp3) is 0.0270. The van der Waals surface area contributed by atoms with Gasteiger partial charge in [-0.25, -0.2) is 0 Å². The van der Waals surface area contributed by atoms with Crippen molar-refractivity contribution in [1.29, 1.82) is 0 Å². The zero-order chi connectivity index (χ0) is 25.9. The number of anilines is 3. The maximum Gasteiger partial charge on any atom is 0.143 e. The molecule has 0 fully saturated rings. The highest BCUT2D eigenvalue weighted by molar-refractivity contribution is 6.20. The topological polar surface area (TPSA) is 16.4 Å². The maximum atomic E-state index is 6.49. The first-order valence-electron chi connectivity index (χ1n) is 13.4. The molecule has 0 N–H and O–H groups in total. The minimum atomic E-state index is 0.926. The lowest BCUT2D eigenvalue weighted by atomic mass is 10.00. The Morgan fingerprint density at radius 2 is 1.08 bits per heavy atom. The van der Waals surface area contributed by atoms with Crippen molar-refractivity contribution in [2.45, 2.75) is 6.92 Å². The molecule has 0 aliphatic rings. The molecule has 8 rings (SSSR count). The number of rotatable bonds is 3. The molecule has 2 heteroatoms. The Labute approximate surface area is 226 Å². The smallest absolute Gasteiger partial charge is 0.143 e. The van der Waals surface area contributed by atoms with E-state index in [1.165, 1.54) is 32.5 Å². The van der Waals surface area contributed by atoms with Crippen LogP contribution in [0.1, 0.15) is 5.56 Å². The summed E-state index contributed by atoms with van der Waals surface area (Å²) in [7, 11) is 0. The molecule has 0 aliphatic heterocycles. The Balaban J connectivity index is 1.50. The number of nitrogens with zero attached hydrogens (tertiary/aromatic N) is 1.